The maximum Gasteiger partial charge on any atom is 0.227 e. The van der Waals surface area contributed by atoms with Gasteiger partial charge in [0.25, 0.3) is 0 Å². The number of hydrogen-bond acceptors (Lipinski definition) is 3. The topological polar surface area (TPSA) is 56.1 Å². The van der Waals surface area contributed by atoms with Crippen LogP contribution >= 0.6 is 0 Å². The smallest absolute Gasteiger partial charge is 0.227 e. The van der Waals surface area contributed by atoms with Crippen LogP contribution in [0.3, 0.4) is 0 Å². The van der Waals surface area contributed by atoms with E-state index < -0.39 is 0 Å². The van der Waals surface area contributed by atoms with Gasteiger partial charge in [-0.1, -0.05) is 18.2 Å². The van der Waals surface area contributed by atoms with Gasteiger partial charge in [0.2, 0.25) is 5.91 Å². The number of amides is 1. The van der Waals surface area contributed by atoms with Gasteiger partial charge in [0.15, 0.2) is 0 Å². The molecule has 106 valence electrons. The van der Waals surface area contributed by atoms with Crippen molar-refractivity contribution in [2.75, 3.05) is 19.6 Å². The fourth-order valence-corrected chi connectivity index (χ4v) is 2.64. The van der Waals surface area contributed by atoms with Crippen LogP contribution in [-0.4, -0.2) is 30.4 Å². The second-order valence-corrected chi connectivity index (χ2v) is 5.16. The van der Waals surface area contributed by atoms with E-state index in [4.69, 9.17) is 5.26 Å². The first-order valence-corrected chi connectivity index (χ1v) is 7.23. The van der Waals surface area contributed by atoms with Crippen LogP contribution in [0.2, 0.25) is 0 Å². The molecule has 0 radical (unpaired) electrons. The molecule has 1 heterocycles. The molecule has 1 amide bonds. The molecule has 1 atom stereocenters. The maximum atomic E-state index is 12.5. The largest absolute Gasteiger partial charge is 0.338 e. The number of nitrogens with one attached hydrogen (secondary N) is 1. The molecule has 4 heteroatoms. The van der Waals surface area contributed by atoms with Crippen LogP contribution in [0, 0.1) is 17.2 Å². The zero-order chi connectivity index (χ0) is 14.4. The predicted molar refractivity (Wildman–Crippen MR) is 77.8 cm³/mol. The van der Waals surface area contributed by atoms with Gasteiger partial charge in [0, 0.05) is 19.6 Å². The number of hydrogen-bond donors (Lipinski definition) is 1. The number of benzene rings is 1. The Morgan fingerprint density at radius 2 is 2.30 bits per heavy atom. The van der Waals surface area contributed by atoms with Crippen molar-refractivity contribution in [2.24, 2.45) is 5.92 Å². The summed E-state index contributed by atoms with van der Waals surface area (Å²) < 4.78 is 0. The zero-order valence-electron chi connectivity index (χ0n) is 11.9. The second kappa shape index (κ2) is 7.06. The van der Waals surface area contributed by atoms with Gasteiger partial charge in [-0.3, -0.25) is 4.79 Å². The highest BCUT2D eigenvalue weighted by atomic mass is 16.2. The molecule has 0 aliphatic carbocycles. The molecule has 1 fully saturated rings. The summed E-state index contributed by atoms with van der Waals surface area (Å²) in [7, 11) is 0. The third-order valence-corrected chi connectivity index (χ3v) is 3.84. The molecule has 0 spiro atoms. The lowest BCUT2D eigenvalue weighted by molar-refractivity contribution is -0.136. The SMILES string of the molecule is CCN(Cc1ccccc1C#N)C(=O)C1CCCNC1. The second-order valence-electron chi connectivity index (χ2n) is 5.16. The van der Waals surface area contributed by atoms with Crippen LogP contribution in [0.4, 0.5) is 0 Å². The Hall–Kier alpha value is -1.86. The van der Waals surface area contributed by atoms with Gasteiger partial charge in [-0.05, 0) is 37.9 Å². The number of nitriles is 1. The maximum absolute atomic E-state index is 12.5. The summed E-state index contributed by atoms with van der Waals surface area (Å²) in [6, 6.07) is 9.68. The molecule has 1 saturated heterocycles. The van der Waals surface area contributed by atoms with E-state index in [-0.39, 0.29) is 11.8 Å². The van der Waals surface area contributed by atoms with Crippen LogP contribution < -0.4 is 5.32 Å². The number of carbonyl (C=O) groups excluding carboxylic acids is 1. The molecule has 0 bridgehead atoms. The Balaban J connectivity index is 2.08. The Kier molecular flexibility index (Phi) is 5.14. The molecule has 1 aromatic carbocycles. The van der Waals surface area contributed by atoms with E-state index >= 15 is 0 Å². The minimum absolute atomic E-state index is 0.0814. The van der Waals surface area contributed by atoms with E-state index in [2.05, 4.69) is 11.4 Å². The van der Waals surface area contributed by atoms with Crippen molar-refractivity contribution in [1.29, 1.82) is 5.26 Å². The molecular weight excluding hydrogens is 250 g/mol. The lowest BCUT2D eigenvalue weighted by Crippen LogP contribution is -2.42. The number of piperidine rings is 1. The first kappa shape index (κ1) is 14.5. The van der Waals surface area contributed by atoms with Gasteiger partial charge in [-0.2, -0.15) is 5.26 Å². The van der Waals surface area contributed by atoms with E-state index in [9.17, 15) is 4.79 Å². The average Bonchev–Trinajstić information content (AvgIpc) is 2.53. The van der Waals surface area contributed by atoms with E-state index in [1.165, 1.54) is 0 Å². The summed E-state index contributed by atoms with van der Waals surface area (Å²) in [5.74, 6) is 0.283. The average molecular weight is 271 g/mol. The summed E-state index contributed by atoms with van der Waals surface area (Å²) >= 11 is 0. The van der Waals surface area contributed by atoms with E-state index in [0.29, 0.717) is 18.7 Å². The highest BCUT2D eigenvalue weighted by Crippen LogP contribution is 2.17. The summed E-state index contributed by atoms with van der Waals surface area (Å²) in [5.41, 5.74) is 1.58. The van der Waals surface area contributed by atoms with Crippen molar-refractivity contribution in [3.63, 3.8) is 0 Å². The molecule has 1 N–H and O–H groups in total. The van der Waals surface area contributed by atoms with Gasteiger partial charge in [0.1, 0.15) is 0 Å². The number of nitrogens with zero attached hydrogens (tertiary/aromatic N) is 2. The van der Waals surface area contributed by atoms with Crippen LogP contribution in [0.15, 0.2) is 24.3 Å². The van der Waals surface area contributed by atoms with E-state index in [1.807, 2.05) is 30.0 Å². The van der Waals surface area contributed by atoms with Gasteiger partial charge in [0.05, 0.1) is 17.6 Å². The number of carbonyl (C=O) groups is 1. The summed E-state index contributed by atoms with van der Waals surface area (Å²) in [6.45, 7) is 4.97. The van der Waals surface area contributed by atoms with Crippen LogP contribution in [0.5, 0.6) is 0 Å². The molecule has 1 aliphatic rings. The third-order valence-electron chi connectivity index (χ3n) is 3.84. The standard InChI is InChI=1S/C16H21N3O/c1-2-19(16(20)14-8-5-9-18-11-14)12-15-7-4-3-6-13(15)10-17/h3-4,6-7,14,18H,2,5,8-9,11-12H2,1H3. The minimum Gasteiger partial charge on any atom is -0.338 e. The molecule has 1 unspecified atom stereocenters. The highest BCUT2D eigenvalue weighted by molar-refractivity contribution is 5.79. The Morgan fingerprint density at radius 1 is 1.50 bits per heavy atom. The van der Waals surface area contributed by atoms with Gasteiger partial charge >= 0.3 is 0 Å². The molecule has 1 aliphatic heterocycles. The van der Waals surface area contributed by atoms with Crippen LogP contribution in [0.25, 0.3) is 0 Å². The fourth-order valence-electron chi connectivity index (χ4n) is 2.64. The Bertz CT molecular complexity index is 501. The quantitative estimate of drug-likeness (QED) is 0.910. The summed E-state index contributed by atoms with van der Waals surface area (Å²) in [5, 5.41) is 12.4. The lowest BCUT2D eigenvalue weighted by Gasteiger charge is -2.29. The van der Waals surface area contributed by atoms with Crippen molar-refractivity contribution in [2.45, 2.75) is 26.3 Å². The highest BCUT2D eigenvalue weighted by Gasteiger charge is 2.25. The van der Waals surface area contributed by atoms with Gasteiger partial charge in [-0.25, -0.2) is 0 Å². The minimum atomic E-state index is 0.0814. The first-order chi connectivity index (χ1) is 9.76. The summed E-state index contributed by atoms with van der Waals surface area (Å²) in [4.78, 5) is 14.4. The predicted octanol–water partition coefficient (Wildman–Crippen LogP) is 1.91. The van der Waals surface area contributed by atoms with Gasteiger partial charge < -0.3 is 10.2 Å². The fraction of sp³-hybridized carbons (Fsp3) is 0.500. The molecule has 4 nitrogen and oxygen atoms in total. The van der Waals surface area contributed by atoms with Crippen molar-refractivity contribution in [1.82, 2.24) is 10.2 Å². The lowest BCUT2D eigenvalue weighted by atomic mass is 9.97. The normalized spacial score (nSPS) is 18.3. The zero-order valence-corrected chi connectivity index (χ0v) is 11.9. The van der Waals surface area contributed by atoms with E-state index in [0.717, 1.165) is 31.5 Å². The molecule has 2 rings (SSSR count). The molecule has 0 saturated carbocycles. The molecule has 1 aromatic rings. The molecular formula is C16H21N3O. The van der Waals surface area contributed by atoms with Crippen molar-refractivity contribution < 1.29 is 4.79 Å². The Labute approximate surface area is 120 Å². The van der Waals surface area contributed by atoms with Crippen LogP contribution in [0.1, 0.15) is 30.9 Å². The molecule has 0 aromatic heterocycles. The third kappa shape index (κ3) is 3.37. The number of rotatable bonds is 4. The monoisotopic (exact) mass is 271 g/mol. The van der Waals surface area contributed by atoms with E-state index in [1.54, 1.807) is 6.07 Å². The molecule has 20 heavy (non-hydrogen) atoms. The van der Waals surface area contributed by atoms with Crippen molar-refractivity contribution in [3.8, 4) is 6.07 Å². The van der Waals surface area contributed by atoms with Crippen molar-refractivity contribution in [3.05, 3.63) is 35.4 Å². The first-order valence-electron chi connectivity index (χ1n) is 7.23. The van der Waals surface area contributed by atoms with Crippen molar-refractivity contribution >= 4 is 5.91 Å². The van der Waals surface area contributed by atoms with Gasteiger partial charge in [-0.15, -0.1) is 0 Å². The van der Waals surface area contributed by atoms with Crippen LogP contribution in [-0.2, 0) is 11.3 Å². The summed E-state index contributed by atoms with van der Waals surface area (Å²) in [6.07, 6.45) is 2.02. The Morgan fingerprint density at radius 3 is 2.95 bits per heavy atom.